The Kier molecular flexibility index (Phi) is 2.59. The van der Waals surface area contributed by atoms with Gasteiger partial charge < -0.3 is 14.8 Å². The summed E-state index contributed by atoms with van der Waals surface area (Å²) in [5.41, 5.74) is 1.41. The van der Waals surface area contributed by atoms with E-state index in [1.807, 2.05) is 25.1 Å². The molecule has 0 spiro atoms. The molecule has 4 nitrogen and oxygen atoms in total. The minimum atomic E-state index is -1.04. The van der Waals surface area contributed by atoms with Gasteiger partial charge in [0.05, 0.1) is 0 Å². The van der Waals surface area contributed by atoms with Gasteiger partial charge in [0.15, 0.2) is 5.58 Å². The summed E-state index contributed by atoms with van der Waals surface area (Å²) in [6.45, 7) is 6.21. The van der Waals surface area contributed by atoms with E-state index in [2.05, 4.69) is 10.3 Å². The first kappa shape index (κ1) is 11.0. The molecule has 0 aliphatic carbocycles. The molecule has 86 valence electrons. The monoisotopic (exact) mass is 220 g/mol. The standard InChI is InChI=1S/C12H16N2O2/c1-4-13-8-5-6-10-9(7-8)14-11(16-10)12(2,3)15/h5-7,13,15H,4H2,1-3H3. The van der Waals surface area contributed by atoms with Crippen molar-refractivity contribution in [1.82, 2.24) is 4.98 Å². The summed E-state index contributed by atoms with van der Waals surface area (Å²) < 4.78 is 5.48. The fourth-order valence-electron chi connectivity index (χ4n) is 1.50. The second-order valence-corrected chi connectivity index (χ2v) is 4.29. The molecule has 0 atom stereocenters. The minimum absolute atomic E-state index is 0.344. The molecule has 16 heavy (non-hydrogen) atoms. The Labute approximate surface area is 94.3 Å². The van der Waals surface area contributed by atoms with Crippen LogP contribution in [0.25, 0.3) is 11.1 Å². The molecule has 0 aliphatic heterocycles. The molecule has 0 bridgehead atoms. The van der Waals surface area contributed by atoms with E-state index in [1.165, 1.54) is 0 Å². The predicted octanol–water partition coefficient (Wildman–Crippen LogP) is 2.49. The third-order valence-electron chi connectivity index (χ3n) is 2.29. The molecule has 1 aromatic heterocycles. The average Bonchev–Trinajstić information content (AvgIpc) is 2.60. The van der Waals surface area contributed by atoms with Gasteiger partial charge >= 0.3 is 0 Å². The van der Waals surface area contributed by atoms with Crippen LogP contribution in [0.5, 0.6) is 0 Å². The van der Waals surface area contributed by atoms with Crippen LogP contribution < -0.4 is 5.32 Å². The highest BCUT2D eigenvalue weighted by Crippen LogP contribution is 2.25. The van der Waals surface area contributed by atoms with Gasteiger partial charge in [-0.15, -0.1) is 0 Å². The van der Waals surface area contributed by atoms with E-state index in [1.54, 1.807) is 13.8 Å². The predicted molar refractivity (Wildman–Crippen MR) is 63.4 cm³/mol. The Balaban J connectivity index is 2.46. The van der Waals surface area contributed by atoms with Crippen molar-refractivity contribution < 1.29 is 9.52 Å². The van der Waals surface area contributed by atoms with Crippen molar-refractivity contribution in [2.45, 2.75) is 26.4 Å². The molecular weight excluding hydrogens is 204 g/mol. The van der Waals surface area contributed by atoms with Crippen molar-refractivity contribution >= 4 is 16.8 Å². The summed E-state index contributed by atoms with van der Waals surface area (Å²) in [5.74, 6) is 0.344. The topological polar surface area (TPSA) is 58.3 Å². The summed E-state index contributed by atoms with van der Waals surface area (Å²) in [6.07, 6.45) is 0. The molecule has 2 rings (SSSR count). The molecule has 0 saturated carbocycles. The zero-order chi connectivity index (χ0) is 11.8. The van der Waals surface area contributed by atoms with Gasteiger partial charge in [0.25, 0.3) is 0 Å². The maximum atomic E-state index is 9.79. The number of benzene rings is 1. The quantitative estimate of drug-likeness (QED) is 0.834. The van der Waals surface area contributed by atoms with Crippen molar-refractivity contribution in [3.63, 3.8) is 0 Å². The number of anilines is 1. The van der Waals surface area contributed by atoms with Gasteiger partial charge in [-0.25, -0.2) is 4.98 Å². The number of aliphatic hydroxyl groups is 1. The number of oxazole rings is 1. The van der Waals surface area contributed by atoms with E-state index in [-0.39, 0.29) is 0 Å². The number of aromatic nitrogens is 1. The first-order chi connectivity index (χ1) is 7.50. The van der Waals surface area contributed by atoms with Crippen molar-refractivity contribution in [2.75, 3.05) is 11.9 Å². The van der Waals surface area contributed by atoms with E-state index in [4.69, 9.17) is 4.42 Å². The molecule has 0 saturated heterocycles. The van der Waals surface area contributed by atoms with E-state index in [0.717, 1.165) is 17.7 Å². The van der Waals surface area contributed by atoms with Gasteiger partial charge in [-0.2, -0.15) is 0 Å². The molecule has 0 radical (unpaired) electrons. The van der Waals surface area contributed by atoms with Crippen LogP contribution in [0.2, 0.25) is 0 Å². The third-order valence-corrected chi connectivity index (χ3v) is 2.29. The van der Waals surface area contributed by atoms with Gasteiger partial charge in [-0.3, -0.25) is 0 Å². The lowest BCUT2D eigenvalue weighted by atomic mass is 10.1. The van der Waals surface area contributed by atoms with E-state index < -0.39 is 5.60 Å². The lowest BCUT2D eigenvalue weighted by molar-refractivity contribution is 0.0501. The largest absolute Gasteiger partial charge is 0.438 e. The Bertz CT molecular complexity index is 497. The molecule has 4 heteroatoms. The Hall–Kier alpha value is -1.55. The van der Waals surface area contributed by atoms with E-state index >= 15 is 0 Å². The smallest absolute Gasteiger partial charge is 0.226 e. The molecule has 2 aromatic rings. The minimum Gasteiger partial charge on any atom is -0.438 e. The molecule has 1 heterocycles. The van der Waals surface area contributed by atoms with Crippen LogP contribution in [0.15, 0.2) is 22.6 Å². The Morgan fingerprint density at radius 1 is 1.44 bits per heavy atom. The van der Waals surface area contributed by atoms with Crippen LogP contribution in [0.1, 0.15) is 26.7 Å². The Morgan fingerprint density at radius 2 is 2.19 bits per heavy atom. The zero-order valence-electron chi connectivity index (χ0n) is 9.74. The lowest BCUT2D eigenvalue weighted by Gasteiger charge is -2.10. The van der Waals surface area contributed by atoms with E-state index in [0.29, 0.717) is 11.5 Å². The summed E-state index contributed by atoms with van der Waals surface area (Å²) >= 11 is 0. The second kappa shape index (κ2) is 3.79. The average molecular weight is 220 g/mol. The molecule has 0 amide bonds. The molecular formula is C12H16N2O2. The van der Waals surface area contributed by atoms with E-state index in [9.17, 15) is 5.11 Å². The molecule has 2 N–H and O–H groups in total. The first-order valence-corrected chi connectivity index (χ1v) is 5.38. The highest BCUT2D eigenvalue weighted by atomic mass is 16.4. The summed E-state index contributed by atoms with van der Waals surface area (Å²) in [4.78, 5) is 4.27. The summed E-state index contributed by atoms with van der Waals surface area (Å²) in [6, 6.07) is 5.71. The number of fused-ring (bicyclic) bond motifs is 1. The number of hydrogen-bond acceptors (Lipinski definition) is 4. The molecule has 0 fully saturated rings. The normalized spacial score (nSPS) is 12.0. The maximum Gasteiger partial charge on any atom is 0.226 e. The molecule has 0 aliphatic rings. The third kappa shape index (κ3) is 2.02. The van der Waals surface area contributed by atoms with Crippen molar-refractivity contribution in [3.05, 3.63) is 24.1 Å². The lowest BCUT2D eigenvalue weighted by Crippen LogP contribution is -2.15. The summed E-state index contributed by atoms with van der Waals surface area (Å²) in [7, 11) is 0. The van der Waals surface area contributed by atoms with Crippen LogP contribution in [0.3, 0.4) is 0 Å². The highest BCUT2D eigenvalue weighted by Gasteiger charge is 2.23. The fraction of sp³-hybridized carbons (Fsp3) is 0.417. The van der Waals surface area contributed by atoms with Gasteiger partial charge in [0.2, 0.25) is 5.89 Å². The molecule has 0 unspecified atom stereocenters. The second-order valence-electron chi connectivity index (χ2n) is 4.29. The van der Waals surface area contributed by atoms with Crippen molar-refractivity contribution in [3.8, 4) is 0 Å². The van der Waals surface area contributed by atoms with Gasteiger partial charge in [-0.1, -0.05) is 0 Å². The first-order valence-electron chi connectivity index (χ1n) is 5.38. The van der Waals surface area contributed by atoms with Crippen molar-refractivity contribution in [1.29, 1.82) is 0 Å². The van der Waals surface area contributed by atoms with Crippen LogP contribution in [-0.4, -0.2) is 16.6 Å². The van der Waals surface area contributed by atoms with Gasteiger partial charge in [0.1, 0.15) is 11.1 Å². The number of nitrogens with one attached hydrogen (secondary N) is 1. The van der Waals surface area contributed by atoms with Gasteiger partial charge in [-0.05, 0) is 39.0 Å². The summed E-state index contributed by atoms with van der Waals surface area (Å²) in [5, 5.41) is 13.0. The molecule has 1 aromatic carbocycles. The van der Waals surface area contributed by atoms with Gasteiger partial charge in [0, 0.05) is 12.2 Å². The maximum absolute atomic E-state index is 9.79. The Morgan fingerprint density at radius 3 is 2.81 bits per heavy atom. The number of hydrogen-bond donors (Lipinski definition) is 2. The van der Waals surface area contributed by atoms with Crippen LogP contribution in [0, 0.1) is 0 Å². The number of nitrogens with zero attached hydrogens (tertiary/aromatic N) is 1. The fourth-order valence-corrected chi connectivity index (χ4v) is 1.50. The van der Waals surface area contributed by atoms with Crippen molar-refractivity contribution in [2.24, 2.45) is 0 Å². The SMILES string of the molecule is CCNc1ccc2oc(C(C)(C)O)nc2c1. The highest BCUT2D eigenvalue weighted by molar-refractivity contribution is 5.77. The zero-order valence-corrected chi connectivity index (χ0v) is 9.74. The van der Waals surface area contributed by atoms with Crippen LogP contribution in [-0.2, 0) is 5.60 Å². The number of rotatable bonds is 3. The van der Waals surface area contributed by atoms with Crippen LogP contribution in [0.4, 0.5) is 5.69 Å². The van der Waals surface area contributed by atoms with Crippen LogP contribution >= 0.6 is 0 Å².